The summed E-state index contributed by atoms with van der Waals surface area (Å²) in [5.41, 5.74) is -0.488. The van der Waals surface area contributed by atoms with Crippen molar-refractivity contribution in [2.24, 2.45) is 5.92 Å². The monoisotopic (exact) mass is 261 g/mol. The zero-order valence-corrected chi connectivity index (χ0v) is 12.1. The minimum atomic E-state index is -0.505. The molecule has 0 bridgehead atoms. The van der Waals surface area contributed by atoms with Gasteiger partial charge < -0.3 is 9.84 Å². The van der Waals surface area contributed by atoms with Gasteiger partial charge >= 0.3 is 6.09 Å². The van der Waals surface area contributed by atoms with E-state index in [0.717, 1.165) is 5.75 Å². The first-order valence-corrected chi connectivity index (χ1v) is 7.06. The highest BCUT2D eigenvalue weighted by molar-refractivity contribution is 8.00. The number of ether oxygens (including phenoxy) is 1. The highest BCUT2D eigenvalue weighted by atomic mass is 32.2. The Morgan fingerprint density at radius 1 is 1.47 bits per heavy atom. The highest BCUT2D eigenvalue weighted by Crippen LogP contribution is 2.30. The first-order valence-electron chi connectivity index (χ1n) is 6.01. The maximum atomic E-state index is 12.0. The molecule has 0 radical (unpaired) electrons. The van der Waals surface area contributed by atoms with Gasteiger partial charge in [-0.1, -0.05) is 13.8 Å². The number of carbonyl (C=O) groups excluding carboxylic acids is 1. The Morgan fingerprint density at radius 2 is 2.06 bits per heavy atom. The van der Waals surface area contributed by atoms with E-state index in [9.17, 15) is 9.90 Å². The fraction of sp³-hybridized carbons (Fsp3) is 0.917. The summed E-state index contributed by atoms with van der Waals surface area (Å²) in [6.45, 7) is 10.1. The van der Waals surface area contributed by atoms with E-state index >= 15 is 0 Å². The lowest BCUT2D eigenvalue weighted by molar-refractivity contribution is 0.00743. The molecule has 5 heteroatoms. The lowest BCUT2D eigenvalue weighted by atomic mass is 10.1. The van der Waals surface area contributed by atoms with Crippen molar-refractivity contribution in [2.75, 3.05) is 12.3 Å². The molecule has 1 rings (SSSR count). The van der Waals surface area contributed by atoms with Crippen LogP contribution in [0.2, 0.25) is 0 Å². The molecule has 4 nitrogen and oxygen atoms in total. The molecule has 1 saturated heterocycles. The van der Waals surface area contributed by atoms with Crippen LogP contribution in [-0.4, -0.2) is 45.5 Å². The number of amides is 1. The Hall–Kier alpha value is -0.420. The van der Waals surface area contributed by atoms with Crippen LogP contribution in [0.15, 0.2) is 0 Å². The van der Waals surface area contributed by atoms with Crippen LogP contribution in [0, 0.1) is 5.92 Å². The van der Waals surface area contributed by atoms with Crippen LogP contribution in [-0.2, 0) is 4.74 Å². The van der Waals surface area contributed by atoms with Gasteiger partial charge in [0.1, 0.15) is 11.0 Å². The lowest BCUT2D eigenvalue weighted by Gasteiger charge is -2.31. The molecule has 0 aromatic carbocycles. The molecule has 0 aromatic heterocycles. The molecule has 0 saturated carbocycles. The largest absolute Gasteiger partial charge is 0.444 e. The standard InChI is InChI=1S/C12H23NO3S/c1-8(2)9(14)10-13(6-7-17-10)11(15)16-12(3,4)5/h8-10,14H,6-7H2,1-5H3/t9-,10+/m0/s1. The quantitative estimate of drug-likeness (QED) is 0.828. The Kier molecular flexibility index (Phi) is 4.72. The van der Waals surface area contributed by atoms with E-state index in [4.69, 9.17) is 4.74 Å². The molecular formula is C12H23NO3S. The molecule has 1 aliphatic heterocycles. The van der Waals surface area contributed by atoms with Crippen LogP contribution >= 0.6 is 11.8 Å². The molecule has 0 unspecified atom stereocenters. The first-order chi connectivity index (χ1) is 7.72. The molecule has 1 heterocycles. The molecule has 1 N–H and O–H groups in total. The summed E-state index contributed by atoms with van der Waals surface area (Å²) < 4.78 is 5.34. The fourth-order valence-corrected chi connectivity index (χ4v) is 3.04. The molecule has 1 amide bonds. The van der Waals surface area contributed by atoms with E-state index in [0.29, 0.717) is 6.54 Å². The smallest absolute Gasteiger partial charge is 0.411 e. The van der Waals surface area contributed by atoms with Crippen molar-refractivity contribution in [3.63, 3.8) is 0 Å². The van der Waals surface area contributed by atoms with Gasteiger partial charge in [0.25, 0.3) is 0 Å². The van der Waals surface area contributed by atoms with Crippen LogP contribution in [0.5, 0.6) is 0 Å². The number of thioether (sulfide) groups is 1. The van der Waals surface area contributed by atoms with Gasteiger partial charge in [0.15, 0.2) is 0 Å². The lowest BCUT2D eigenvalue weighted by Crippen LogP contribution is -2.45. The predicted molar refractivity (Wildman–Crippen MR) is 70.0 cm³/mol. The maximum absolute atomic E-state index is 12.0. The third-order valence-corrected chi connectivity index (χ3v) is 3.82. The van der Waals surface area contributed by atoms with Gasteiger partial charge in [-0.2, -0.15) is 0 Å². The van der Waals surface area contributed by atoms with Crippen LogP contribution in [0.25, 0.3) is 0 Å². The van der Waals surface area contributed by atoms with E-state index in [2.05, 4.69) is 0 Å². The molecular weight excluding hydrogens is 238 g/mol. The topological polar surface area (TPSA) is 49.8 Å². The predicted octanol–water partition coefficient (Wildman–Crippen LogP) is 2.31. The molecule has 1 aliphatic rings. The number of carbonyl (C=O) groups is 1. The van der Waals surface area contributed by atoms with E-state index < -0.39 is 11.7 Å². The van der Waals surface area contributed by atoms with Gasteiger partial charge in [-0.25, -0.2) is 4.79 Å². The number of hydrogen-bond acceptors (Lipinski definition) is 4. The SMILES string of the molecule is CC(C)[C@H](O)[C@H]1SCCN1C(=O)OC(C)(C)C. The van der Waals surface area contributed by atoms with E-state index in [1.807, 2.05) is 34.6 Å². The molecule has 1 fully saturated rings. The van der Waals surface area contributed by atoms with Crippen molar-refractivity contribution < 1.29 is 14.6 Å². The molecule has 100 valence electrons. The fourth-order valence-electron chi connectivity index (χ4n) is 1.62. The molecule has 0 spiro atoms. The van der Waals surface area contributed by atoms with Gasteiger partial charge in [0.2, 0.25) is 0 Å². The van der Waals surface area contributed by atoms with E-state index in [1.54, 1.807) is 16.7 Å². The van der Waals surface area contributed by atoms with Crippen LogP contribution in [0.4, 0.5) is 4.79 Å². The molecule has 2 atom stereocenters. The average molecular weight is 261 g/mol. The van der Waals surface area contributed by atoms with Gasteiger partial charge in [-0.3, -0.25) is 4.90 Å². The minimum absolute atomic E-state index is 0.135. The third-order valence-electron chi connectivity index (χ3n) is 2.53. The summed E-state index contributed by atoms with van der Waals surface area (Å²) in [5.74, 6) is 0.990. The van der Waals surface area contributed by atoms with Crippen molar-refractivity contribution in [3.05, 3.63) is 0 Å². The molecule has 0 aromatic rings. The zero-order chi connectivity index (χ0) is 13.2. The van der Waals surface area contributed by atoms with Gasteiger partial charge in [-0.15, -0.1) is 11.8 Å². The molecule has 0 aliphatic carbocycles. The second kappa shape index (κ2) is 5.48. The summed E-state index contributed by atoms with van der Waals surface area (Å²) >= 11 is 1.62. The summed E-state index contributed by atoms with van der Waals surface area (Å²) in [4.78, 5) is 13.6. The normalized spacial score (nSPS) is 23.0. The minimum Gasteiger partial charge on any atom is -0.444 e. The Labute approximate surface area is 108 Å². The van der Waals surface area contributed by atoms with Gasteiger partial charge in [0.05, 0.1) is 6.10 Å². The summed E-state index contributed by atoms with van der Waals surface area (Å²) in [6, 6.07) is 0. The van der Waals surface area contributed by atoms with Crippen molar-refractivity contribution in [1.29, 1.82) is 0 Å². The second-order valence-electron chi connectivity index (χ2n) is 5.67. The Balaban J connectivity index is 2.66. The number of aliphatic hydroxyl groups is 1. The first kappa shape index (κ1) is 14.6. The van der Waals surface area contributed by atoms with Crippen LogP contribution < -0.4 is 0 Å². The third kappa shape index (κ3) is 4.07. The number of nitrogens with zero attached hydrogens (tertiary/aromatic N) is 1. The summed E-state index contributed by atoms with van der Waals surface area (Å²) in [6.07, 6.45) is -0.831. The highest BCUT2D eigenvalue weighted by Gasteiger charge is 2.37. The van der Waals surface area contributed by atoms with Crippen LogP contribution in [0.3, 0.4) is 0 Å². The number of hydrogen-bond donors (Lipinski definition) is 1. The Morgan fingerprint density at radius 3 is 2.53 bits per heavy atom. The average Bonchev–Trinajstić information content (AvgIpc) is 2.61. The number of rotatable bonds is 2. The van der Waals surface area contributed by atoms with Crippen molar-refractivity contribution >= 4 is 17.9 Å². The van der Waals surface area contributed by atoms with Gasteiger partial charge in [0, 0.05) is 12.3 Å². The van der Waals surface area contributed by atoms with E-state index in [1.165, 1.54) is 0 Å². The molecule has 17 heavy (non-hydrogen) atoms. The maximum Gasteiger partial charge on any atom is 0.411 e. The number of aliphatic hydroxyl groups excluding tert-OH is 1. The summed E-state index contributed by atoms with van der Waals surface area (Å²) in [5, 5.41) is 9.90. The van der Waals surface area contributed by atoms with Crippen molar-refractivity contribution in [1.82, 2.24) is 4.90 Å². The Bertz CT molecular complexity index is 275. The van der Waals surface area contributed by atoms with Gasteiger partial charge in [-0.05, 0) is 26.7 Å². The van der Waals surface area contributed by atoms with Crippen molar-refractivity contribution in [3.8, 4) is 0 Å². The zero-order valence-electron chi connectivity index (χ0n) is 11.3. The van der Waals surface area contributed by atoms with Crippen LogP contribution in [0.1, 0.15) is 34.6 Å². The second-order valence-corrected chi connectivity index (χ2v) is 6.89. The van der Waals surface area contributed by atoms with Crippen molar-refractivity contribution in [2.45, 2.75) is 51.7 Å². The van der Waals surface area contributed by atoms with E-state index in [-0.39, 0.29) is 17.4 Å². The summed E-state index contributed by atoms with van der Waals surface area (Å²) in [7, 11) is 0.